The monoisotopic (exact) mass is 290 g/mol. The zero-order chi connectivity index (χ0) is 15.2. The molecule has 0 aliphatic heterocycles. The van der Waals surface area contributed by atoms with Crippen LogP contribution in [-0.2, 0) is 6.42 Å². The molecule has 2 aromatic carbocycles. The van der Waals surface area contributed by atoms with Gasteiger partial charge in [-0.15, -0.1) is 0 Å². The van der Waals surface area contributed by atoms with E-state index >= 15 is 0 Å². The number of benzene rings is 2. The van der Waals surface area contributed by atoms with E-state index in [0.29, 0.717) is 5.92 Å². The summed E-state index contributed by atoms with van der Waals surface area (Å²) in [5.41, 5.74) is 5.87. The highest BCUT2D eigenvalue weighted by molar-refractivity contribution is 5.65. The molecular formula is C22H26. The Balaban J connectivity index is 1.74. The van der Waals surface area contributed by atoms with Gasteiger partial charge in [0.25, 0.3) is 0 Å². The van der Waals surface area contributed by atoms with Crippen LogP contribution in [0.25, 0.3) is 6.08 Å². The minimum absolute atomic E-state index is 0.447. The van der Waals surface area contributed by atoms with Gasteiger partial charge in [-0.2, -0.15) is 0 Å². The van der Waals surface area contributed by atoms with E-state index in [4.69, 9.17) is 0 Å². The molecule has 0 bridgehead atoms. The molecule has 1 unspecified atom stereocenters. The molecule has 1 aliphatic rings. The van der Waals surface area contributed by atoms with Crippen molar-refractivity contribution >= 4 is 6.08 Å². The van der Waals surface area contributed by atoms with Gasteiger partial charge in [-0.05, 0) is 35.1 Å². The van der Waals surface area contributed by atoms with Crippen LogP contribution >= 0.6 is 0 Å². The second kappa shape index (κ2) is 7.45. The second-order valence-corrected chi connectivity index (χ2v) is 6.33. The molecule has 114 valence electrons. The predicted octanol–water partition coefficient (Wildman–Crippen LogP) is 6.36. The Hall–Kier alpha value is -1.82. The zero-order valence-corrected chi connectivity index (χ0v) is 13.6. The number of allylic oxidation sites excluding steroid dienone is 1. The number of hydrogen-bond acceptors (Lipinski definition) is 0. The molecule has 0 spiro atoms. The third kappa shape index (κ3) is 3.32. The van der Waals surface area contributed by atoms with E-state index in [1.54, 1.807) is 0 Å². The maximum Gasteiger partial charge on any atom is 0.0281 e. The minimum atomic E-state index is 0.447. The summed E-state index contributed by atoms with van der Waals surface area (Å²) in [6.07, 6.45) is 12.6. The number of rotatable bonds is 7. The summed E-state index contributed by atoms with van der Waals surface area (Å²) in [6.45, 7) is 2.28. The molecule has 3 rings (SSSR count). The average molecular weight is 290 g/mol. The molecule has 22 heavy (non-hydrogen) atoms. The lowest BCUT2D eigenvalue weighted by molar-refractivity contribution is 0.630. The van der Waals surface area contributed by atoms with E-state index in [1.165, 1.54) is 60.8 Å². The van der Waals surface area contributed by atoms with Crippen molar-refractivity contribution in [2.45, 2.75) is 51.4 Å². The second-order valence-electron chi connectivity index (χ2n) is 6.33. The van der Waals surface area contributed by atoms with Gasteiger partial charge >= 0.3 is 0 Å². The molecule has 0 saturated heterocycles. The van der Waals surface area contributed by atoms with Gasteiger partial charge in [0, 0.05) is 5.92 Å². The van der Waals surface area contributed by atoms with Crippen molar-refractivity contribution in [3.63, 3.8) is 0 Å². The summed E-state index contributed by atoms with van der Waals surface area (Å²) in [7, 11) is 0. The fourth-order valence-corrected chi connectivity index (χ4v) is 3.50. The number of unbranched alkanes of at least 4 members (excludes halogenated alkanes) is 4. The van der Waals surface area contributed by atoms with E-state index in [2.05, 4.69) is 67.6 Å². The minimum Gasteiger partial charge on any atom is -0.0720 e. The maximum absolute atomic E-state index is 2.36. The van der Waals surface area contributed by atoms with Crippen molar-refractivity contribution in [1.29, 1.82) is 0 Å². The first-order valence-corrected chi connectivity index (χ1v) is 8.75. The van der Waals surface area contributed by atoms with Crippen LogP contribution in [-0.4, -0.2) is 0 Å². The molecule has 1 atom stereocenters. The van der Waals surface area contributed by atoms with Gasteiger partial charge in [0.05, 0.1) is 0 Å². The third-order valence-corrected chi connectivity index (χ3v) is 4.74. The van der Waals surface area contributed by atoms with Gasteiger partial charge in [0.2, 0.25) is 0 Å². The van der Waals surface area contributed by atoms with Crippen molar-refractivity contribution < 1.29 is 0 Å². The summed E-state index contributed by atoms with van der Waals surface area (Å²) < 4.78 is 0. The lowest BCUT2D eigenvalue weighted by atomic mass is 9.88. The van der Waals surface area contributed by atoms with Crippen LogP contribution in [0.4, 0.5) is 0 Å². The van der Waals surface area contributed by atoms with Gasteiger partial charge in [0.1, 0.15) is 0 Å². The Kier molecular flexibility index (Phi) is 5.11. The highest BCUT2D eigenvalue weighted by atomic mass is 14.2. The lowest BCUT2D eigenvalue weighted by Gasteiger charge is -2.16. The smallest absolute Gasteiger partial charge is 0.0281 e. The molecule has 0 N–H and O–H groups in total. The number of fused-ring (bicyclic) bond motifs is 1. The van der Waals surface area contributed by atoms with E-state index < -0.39 is 0 Å². The average Bonchev–Trinajstić information content (AvgIpc) is 2.99. The molecule has 0 radical (unpaired) electrons. The Morgan fingerprint density at radius 3 is 2.36 bits per heavy atom. The fourth-order valence-electron chi connectivity index (χ4n) is 3.50. The van der Waals surface area contributed by atoms with Crippen molar-refractivity contribution in [3.05, 3.63) is 76.9 Å². The third-order valence-electron chi connectivity index (χ3n) is 4.74. The highest BCUT2D eigenvalue weighted by Gasteiger charge is 2.20. The Morgan fingerprint density at radius 2 is 1.50 bits per heavy atom. The first-order chi connectivity index (χ1) is 10.9. The molecule has 2 aromatic rings. The van der Waals surface area contributed by atoms with Crippen LogP contribution in [0.2, 0.25) is 0 Å². The summed E-state index contributed by atoms with van der Waals surface area (Å²) >= 11 is 0. The molecule has 1 aliphatic carbocycles. The number of hydrogen-bond donors (Lipinski definition) is 0. The fraction of sp³-hybridized carbons (Fsp3) is 0.364. The van der Waals surface area contributed by atoms with E-state index in [9.17, 15) is 0 Å². The Morgan fingerprint density at radius 1 is 0.773 bits per heavy atom. The molecule has 0 saturated carbocycles. The van der Waals surface area contributed by atoms with Crippen LogP contribution in [0, 0.1) is 0 Å². The van der Waals surface area contributed by atoms with Gasteiger partial charge in [-0.3, -0.25) is 0 Å². The topological polar surface area (TPSA) is 0 Å². The van der Waals surface area contributed by atoms with E-state index in [1.807, 2.05) is 0 Å². The van der Waals surface area contributed by atoms with Gasteiger partial charge in [-0.25, -0.2) is 0 Å². The van der Waals surface area contributed by atoms with Crippen LogP contribution in [0.1, 0.15) is 67.2 Å². The lowest BCUT2D eigenvalue weighted by Crippen LogP contribution is -2.01. The molecule has 0 heteroatoms. The Labute approximate surface area is 134 Å². The molecule has 0 aromatic heterocycles. The maximum atomic E-state index is 2.36. The molecule has 0 amide bonds. The summed E-state index contributed by atoms with van der Waals surface area (Å²) in [6, 6.07) is 17.8. The number of aryl methyl sites for hydroxylation is 1. The van der Waals surface area contributed by atoms with E-state index in [-0.39, 0.29) is 0 Å². The zero-order valence-electron chi connectivity index (χ0n) is 13.6. The summed E-state index contributed by atoms with van der Waals surface area (Å²) in [4.78, 5) is 0. The first kappa shape index (κ1) is 15.1. The van der Waals surface area contributed by atoms with Gasteiger partial charge in [0.15, 0.2) is 0 Å². The van der Waals surface area contributed by atoms with Crippen molar-refractivity contribution in [2.75, 3.05) is 0 Å². The SMILES string of the molecule is CCCCCCCc1ccccc1C1C=Cc2ccccc21. The largest absolute Gasteiger partial charge is 0.0720 e. The van der Waals surface area contributed by atoms with E-state index in [0.717, 1.165) is 0 Å². The summed E-state index contributed by atoms with van der Waals surface area (Å²) in [5.74, 6) is 0.447. The predicted molar refractivity (Wildman–Crippen MR) is 96.2 cm³/mol. The molecule has 0 heterocycles. The van der Waals surface area contributed by atoms with Crippen molar-refractivity contribution in [3.8, 4) is 0 Å². The normalized spacial score (nSPS) is 16.0. The first-order valence-electron chi connectivity index (χ1n) is 8.75. The quantitative estimate of drug-likeness (QED) is 0.520. The van der Waals surface area contributed by atoms with Crippen LogP contribution < -0.4 is 0 Å². The molecule has 0 nitrogen and oxygen atoms in total. The molecular weight excluding hydrogens is 264 g/mol. The van der Waals surface area contributed by atoms with Gasteiger partial charge < -0.3 is 0 Å². The van der Waals surface area contributed by atoms with Crippen LogP contribution in [0.5, 0.6) is 0 Å². The Bertz CT molecular complexity index is 636. The van der Waals surface area contributed by atoms with Gasteiger partial charge in [-0.1, -0.05) is 93.3 Å². The van der Waals surface area contributed by atoms with Crippen molar-refractivity contribution in [2.24, 2.45) is 0 Å². The van der Waals surface area contributed by atoms with Crippen molar-refractivity contribution in [1.82, 2.24) is 0 Å². The summed E-state index contributed by atoms with van der Waals surface area (Å²) in [5, 5.41) is 0. The highest BCUT2D eigenvalue weighted by Crippen LogP contribution is 2.36. The standard InChI is InChI=1S/C22H26/c1-2-3-4-5-6-11-18-12-7-9-14-20(18)22-17-16-19-13-8-10-15-21(19)22/h7-10,12-17,22H,2-6,11H2,1H3. The molecule has 0 fully saturated rings. The van der Waals surface area contributed by atoms with Crippen LogP contribution in [0.3, 0.4) is 0 Å². The van der Waals surface area contributed by atoms with Crippen LogP contribution in [0.15, 0.2) is 54.6 Å².